The van der Waals surface area contributed by atoms with Gasteiger partial charge in [-0.2, -0.15) is 0 Å². The van der Waals surface area contributed by atoms with Gasteiger partial charge in [0.2, 0.25) is 0 Å². The third-order valence-electron chi connectivity index (χ3n) is 3.14. The smallest absolute Gasteiger partial charge is 0.324 e. The fourth-order valence-electron chi connectivity index (χ4n) is 2.19. The van der Waals surface area contributed by atoms with E-state index < -0.39 is 17.9 Å². The minimum Gasteiger partial charge on any atom is -0.481 e. The van der Waals surface area contributed by atoms with Crippen LogP contribution >= 0.6 is 11.3 Å². The van der Waals surface area contributed by atoms with Crippen molar-refractivity contribution in [2.75, 3.05) is 25.1 Å². The number of urea groups is 1. The summed E-state index contributed by atoms with van der Waals surface area (Å²) in [6, 6.07) is -0.768. The van der Waals surface area contributed by atoms with E-state index in [1.165, 1.54) is 16.2 Å². The fourth-order valence-corrected chi connectivity index (χ4v) is 2.71. The van der Waals surface area contributed by atoms with E-state index in [0.717, 1.165) is 6.42 Å². The maximum absolute atomic E-state index is 12.3. The normalized spacial score (nSPS) is 21.6. The summed E-state index contributed by atoms with van der Waals surface area (Å²) in [6.45, 7) is 2.82. The maximum Gasteiger partial charge on any atom is 0.324 e. The highest BCUT2D eigenvalue weighted by atomic mass is 32.1. The number of carbonyl (C=O) groups excluding carboxylic acids is 1. The molecule has 2 N–H and O–H groups in total. The Morgan fingerprint density at radius 1 is 1.60 bits per heavy atom. The predicted octanol–water partition coefficient (Wildman–Crippen LogP) is 1.49. The first kappa shape index (κ1) is 14.7. The van der Waals surface area contributed by atoms with Gasteiger partial charge in [0.05, 0.1) is 19.3 Å². The van der Waals surface area contributed by atoms with Crippen molar-refractivity contribution in [3.8, 4) is 0 Å². The molecule has 0 saturated carbocycles. The van der Waals surface area contributed by atoms with Gasteiger partial charge < -0.3 is 14.7 Å². The second-order valence-electron chi connectivity index (χ2n) is 4.51. The van der Waals surface area contributed by atoms with Crippen molar-refractivity contribution in [3.63, 3.8) is 0 Å². The number of hydrogen-bond acceptors (Lipinski definition) is 5. The van der Waals surface area contributed by atoms with E-state index in [0.29, 0.717) is 11.7 Å². The van der Waals surface area contributed by atoms with Crippen molar-refractivity contribution >= 4 is 28.5 Å². The van der Waals surface area contributed by atoms with E-state index in [2.05, 4.69) is 10.3 Å². The number of anilines is 1. The lowest BCUT2D eigenvalue weighted by atomic mass is 10.0. The number of carboxylic acids is 1. The molecule has 2 unspecified atom stereocenters. The number of nitrogens with one attached hydrogen (secondary N) is 1. The molecular weight excluding hydrogens is 282 g/mol. The number of thiazole rings is 1. The molecule has 110 valence electrons. The second kappa shape index (κ2) is 6.67. The van der Waals surface area contributed by atoms with E-state index in [4.69, 9.17) is 4.74 Å². The summed E-state index contributed by atoms with van der Waals surface area (Å²) in [5, 5.41) is 14.1. The Bertz CT molecular complexity index is 465. The largest absolute Gasteiger partial charge is 0.481 e. The second-order valence-corrected chi connectivity index (χ2v) is 5.40. The molecule has 0 aromatic carbocycles. The Labute approximate surface area is 120 Å². The van der Waals surface area contributed by atoms with Gasteiger partial charge in [-0.15, -0.1) is 11.3 Å². The Morgan fingerprint density at radius 2 is 2.40 bits per heavy atom. The number of ether oxygens (including phenoxy) is 1. The third-order valence-corrected chi connectivity index (χ3v) is 3.83. The van der Waals surface area contributed by atoms with Crippen molar-refractivity contribution < 1.29 is 19.4 Å². The fraction of sp³-hybridized carbons (Fsp3) is 0.583. The van der Waals surface area contributed by atoms with Gasteiger partial charge in [-0.3, -0.25) is 10.1 Å². The average molecular weight is 299 g/mol. The van der Waals surface area contributed by atoms with Gasteiger partial charge >= 0.3 is 12.0 Å². The predicted molar refractivity (Wildman–Crippen MR) is 73.9 cm³/mol. The van der Waals surface area contributed by atoms with Crippen LogP contribution in [-0.4, -0.2) is 52.8 Å². The lowest BCUT2D eigenvalue weighted by Gasteiger charge is -2.29. The van der Waals surface area contributed by atoms with Crippen molar-refractivity contribution in [2.24, 2.45) is 5.92 Å². The monoisotopic (exact) mass is 299 g/mol. The van der Waals surface area contributed by atoms with E-state index in [9.17, 15) is 14.7 Å². The van der Waals surface area contributed by atoms with Crippen molar-refractivity contribution in [3.05, 3.63) is 11.6 Å². The first-order valence-corrected chi connectivity index (χ1v) is 7.29. The van der Waals surface area contributed by atoms with Gasteiger partial charge in [-0.1, -0.05) is 6.92 Å². The lowest BCUT2D eigenvalue weighted by molar-refractivity contribution is -0.142. The minimum absolute atomic E-state index is 0.144. The summed E-state index contributed by atoms with van der Waals surface area (Å²) in [5.41, 5.74) is 0. The zero-order valence-electron chi connectivity index (χ0n) is 11.1. The Morgan fingerprint density at radius 3 is 3.00 bits per heavy atom. The number of carbonyl (C=O) groups is 2. The summed E-state index contributed by atoms with van der Waals surface area (Å²) >= 11 is 1.32. The van der Waals surface area contributed by atoms with Crippen molar-refractivity contribution in [1.29, 1.82) is 0 Å². The summed E-state index contributed by atoms with van der Waals surface area (Å²) in [5.74, 6) is -1.61. The highest BCUT2D eigenvalue weighted by molar-refractivity contribution is 7.13. The molecule has 1 aliphatic rings. The van der Waals surface area contributed by atoms with Gasteiger partial charge in [0.25, 0.3) is 0 Å². The molecule has 0 radical (unpaired) electrons. The van der Waals surface area contributed by atoms with Crippen LogP contribution in [0.2, 0.25) is 0 Å². The number of nitrogens with zero attached hydrogens (tertiary/aromatic N) is 2. The third kappa shape index (κ3) is 3.26. The van der Waals surface area contributed by atoms with Crippen LogP contribution in [0.3, 0.4) is 0 Å². The molecule has 2 amide bonds. The molecule has 1 aromatic heterocycles. The first-order chi connectivity index (χ1) is 9.63. The number of amides is 2. The molecule has 1 saturated heterocycles. The molecular formula is C12H17N3O4S. The maximum atomic E-state index is 12.3. The molecule has 20 heavy (non-hydrogen) atoms. The SMILES string of the molecule is CCCN(C(=O)Nc1nccs1)C1COCC1C(=O)O. The standard InChI is InChI=1S/C12H17N3O4S/c1-2-4-15(9-7-19-6-8(9)10(16)17)12(18)14-11-13-3-5-20-11/h3,5,8-9H,2,4,6-7H2,1H3,(H,16,17)(H,13,14,18). The Hall–Kier alpha value is -1.67. The van der Waals surface area contributed by atoms with Gasteiger partial charge in [-0.05, 0) is 6.42 Å². The summed E-state index contributed by atoms with van der Waals surface area (Å²) < 4.78 is 5.23. The van der Waals surface area contributed by atoms with E-state index in [1.54, 1.807) is 11.6 Å². The topological polar surface area (TPSA) is 91.8 Å². The molecule has 7 nitrogen and oxygen atoms in total. The van der Waals surface area contributed by atoms with Crippen LogP contribution in [0.4, 0.5) is 9.93 Å². The molecule has 1 aromatic rings. The molecule has 2 atom stereocenters. The minimum atomic E-state index is -0.935. The zero-order chi connectivity index (χ0) is 14.5. The summed E-state index contributed by atoms with van der Waals surface area (Å²) in [6.07, 6.45) is 2.34. The van der Waals surface area contributed by atoms with Gasteiger partial charge in [0, 0.05) is 18.1 Å². The number of carboxylic acid groups (broad SMARTS) is 1. The molecule has 0 aliphatic carbocycles. The van der Waals surface area contributed by atoms with Gasteiger partial charge in [0.15, 0.2) is 5.13 Å². The van der Waals surface area contributed by atoms with Crippen LogP contribution in [0, 0.1) is 5.92 Å². The van der Waals surface area contributed by atoms with Crippen molar-refractivity contribution in [1.82, 2.24) is 9.88 Å². The first-order valence-electron chi connectivity index (χ1n) is 6.41. The quantitative estimate of drug-likeness (QED) is 0.859. The Balaban J connectivity index is 2.09. The molecule has 2 heterocycles. The highest BCUT2D eigenvalue weighted by Gasteiger charge is 2.39. The zero-order valence-corrected chi connectivity index (χ0v) is 11.9. The summed E-state index contributed by atoms with van der Waals surface area (Å²) in [7, 11) is 0. The number of aromatic nitrogens is 1. The average Bonchev–Trinajstić information content (AvgIpc) is 3.06. The van der Waals surface area contributed by atoms with Crippen LogP contribution < -0.4 is 5.32 Å². The highest BCUT2D eigenvalue weighted by Crippen LogP contribution is 2.22. The molecule has 1 fully saturated rings. The van der Waals surface area contributed by atoms with Crippen LogP contribution in [0.5, 0.6) is 0 Å². The van der Waals surface area contributed by atoms with Gasteiger partial charge in [0.1, 0.15) is 5.92 Å². The molecule has 8 heteroatoms. The molecule has 0 bridgehead atoms. The summed E-state index contributed by atoms with van der Waals surface area (Å²) in [4.78, 5) is 29.0. The van der Waals surface area contributed by atoms with Crippen molar-refractivity contribution in [2.45, 2.75) is 19.4 Å². The van der Waals surface area contributed by atoms with Crippen LogP contribution in [0.15, 0.2) is 11.6 Å². The van der Waals surface area contributed by atoms with E-state index >= 15 is 0 Å². The van der Waals surface area contributed by atoms with Crippen LogP contribution in [0.25, 0.3) is 0 Å². The van der Waals surface area contributed by atoms with Crippen LogP contribution in [0.1, 0.15) is 13.3 Å². The molecule has 1 aliphatic heterocycles. The Kier molecular flexibility index (Phi) is 4.91. The number of aliphatic carboxylic acids is 1. The number of hydrogen-bond donors (Lipinski definition) is 2. The van der Waals surface area contributed by atoms with Crippen LogP contribution in [-0.2, 0) is 9.53 Å². The molecule has 2 rings (SSSR count). The lowest BCUT2D eigenvalue weighted by Crippen LogP contribution is -2.48. The van der Waals surface area contributed by atoms with Gasteiger partial charge in [-0.25, -0.2) is 9.78 Å². The van der Waals surface area contributed by atoms with E-state index in [1.807, 2.05) is 6.92 Å². The van der Waals surface area contributed by atoms with E-state index in [-0.39, 0.29) is 19.2 Å². The molecule has 0 spiro atoms. The number of rotatable bonds is 5.